The third kappa shape index (κ3) is 4.47. The van der Waals surface area contributed by atoms with Crippen molar-refractivity contribution in [2.75, 3.05) is 28.2 Å². The van der Waals surface area contributed by atoms with Crippen molar-refractivity contribution in [2.24, 2.45) is 0 Å². The van der Waals surface area contributed by atoms with Gasteiger partial charge in [-0.25, -0.2) is 4.79 Å². The van der Waals surface area contributed by atoms with Crippen LogP contribution in [0.1, 0.15) is 0 Å². The van der Waals surface area contributed by atoms with Crippen LogP contribution in [0.5, 0.6) is 5.75 Å². The fourth-order valence-electron chi connectivity index (χ4n) is 1.86. The van der Waals surface area contributed by atoms with Crippen molar-refractivity contribution in [3.8, 4) is 5.75 Å². The van der Waals surface area contributed by atoms with E-state index in [1.165, 1.54) is 7.11 Å². The Kier molecular flexibility index (Phi) is 5.39. The van der Waals surface area contributed by atoms with Gasteiger partial charge in [0.05, 0.1) is 12.8 Å². The van der Waals surface area contributed by atoms with Gasteiger partial charge in [-0.1, -0.05) is 0 Å². The Morgan fingerprint density at radius 2 is 1.58 bits per heavy atom. The highest BCUT2D eigenvalue weighted by Gasteiger charge is 2.08. The van der Waals surface area contributed by atoms with E-state index in [0.29, 0.717) is 11.4 Å². The first-order valence-corrected chi connectivity index (χ1v) is 6.58. The molecule has 0 fully saturated rings. The molecular formula is C14H14N4O6-2. The Labute approximate surface area is 136 Å². The SMILES string of the molecule is COc1ccc(NC(=O)Nc2cc(N([O-])[O-])cc(N(O)O)c2)cc1. The topological polar surface area (TPSA) is 143 Å². The fraction of sp³-hybridized carbons (Fsp3) is 0.0714. The third-order valence-electron chi connectivity index (χ3n) is 2.95. The van der Waals surface area contributed by atoms with Crippen LogP contribution in [0.15, 0.2) is 42.5 Å². The smallest absolute Gasteiger partial charge is 0.323 e. The highest BCUT2D eigenvalue weighted by Crippen LogP contribution is 2.26. The van der Waals surface area contributed by atoms with Gasteiger partial charge in [-0.15, -0.1) is 5.23 Å². The van der Waals surface area contributed by atoms with Crippen molar-refractivity contribution in [1.29, 1.82) is 0 Å². The summed E-state index contributed by atoms with van der Waals surface area (Å²) in [6.07, 6.45) is 0. The average Bonchev–Trinajstić information content (AvgIpc) is 2.55. The summed E-state index contributed by atoms with van der Waals surface area (Å²) in [6.45, 7) is 0. The van der Waals surface area contributed by atoms with Crippen LogP contribution in [0.25, 0.3) is 0 Å². The quantitative estimate of drug-likeness (QED) is 0.611. The average molecular weight is 334 g/mol. The van der Waals surface area contributed by atoms with Crippen molar-refractivity contribution in [3.63, 3.8) is 0 Å². The van der Waals surface area contributed by atoms with Crippen LogP contribution in [0.4, 0.5) is 27.5 Å². The molecule has 128 valence electrons. The molecule has 0 aliphatic heterocycles. The molecule has 10 heteroatoms. The number of methoxy groups -OCH3 is 1. The molecule has 2 amide bonds. The number of anilines is 4. The van der Waals surface area contributed by atoms with Crippen LogP contribution < -0.4 is 25.8 Å². The zero-order chi connectivity index (χ0) is 17.7. The molecular weight excluding hydrogens is 320 g/mol. The minimum Gasteiger partial charge on any atom is -0.769 e. The molecule has 0 saturated carbocycles. The number of ether oxygens (including phenoxy) is 1. The Bertz CT molecular complexity index is 679. The molecule has 2 aromatic rings. The summed E-state index contributed by atoms with van der Waals surface area (Å²) in [5.41, 5.74) is -0.201. The van der Waals surface area contributed by atoms with E-state index in [9.17, 15) is 15.2 Å². The lowest BCUT2D eigenvalue weighted by molar-refractivity contribution is 0.0292. The van der Waals surface area contributed by atoms with E-state index in [0.717, 1.165) is 18.2 Å². The van der Waals surface area contributed by atoms with E-state index < -0.39 is 16.9 Å². The second-order valence-electron chi connectivity index (χ2n) is 4.59. The van der Waals surface area contributed by atoms with Gasteiger partial charge in [0.2, 0.25) is 0 Å². The molecule has 0 spiro atoms. The van der Waals surface area contributed by atoms with E-state index in [2.05, 4.69) is 10.6 Å². The zero-order valence-corrected chi connectivity index (χ0v) is 12.5. The molecule has 4 N–H and O–H groups in total. The van der Waals surface area contributed by atoms with E-state index in [1.54, 1.807) is 24.3 Å². The molecule has 0 aromatic heterocycles. The van der Waals surface area contributed by atoms with E-state index in [4.69, 9.17) is 15.2 Å². The molecule has 0 aliphatic rings. The van der Waals surface area contributed by atoms with Crippen molar-refractivity contribution in [1.82, 2.24) is 0 Å². The van der Waals surface area contributed by atoms with Gasteiger partial charge in [0.25, 0.3) is 0 Å². The summed E-state index contributed by atoms with van der Waals surface area (Å²) in [4.78, 5) is 11.9. The van der Waals surface area contributed by atoms with Crippen LogP contribution in [-0.4, -0.2) is 23.6 Å². The van der Waals surface area contributed by atoms with Gasteiger partial charge in [0, 0.05) is 17.1 Å². The van der Waals surface area contributed by atoms with Gasteiger partial charge in [-0.2, -0.15) is 0 Å². The maximum absolute atomic E-state index is 11.9. The van der Waals surface area contributed by atoms with E-state index in [1.807, 2.05) is 0 Å². The number of hydrogen-bond acceptors (Lipinski definition) is 8. The molecule has 0 radical (unpaired) electrons. The third-order valence-corrected chi connectivity index (χ3v) is 2.95. The molecule has 0 atom stereocenters. The van der Waals surface area contributed by atoms with Gasteiger partial charge in [0.1, 0.15) is 5.75 Å². The number of nitrogens with one attached hydrogen (secondary N) is 2. The van der Waals surface area contributed by atoms with Gasteiger partial charge < -0.3 is 31.0 Å². The summed E-state index contributed by atoms with van der Waals surface area (Å²) in [7, 11) is 1.51. The predicted octanol–water partition coefficient (Wildman–Crippen LogP) is 2.73. The second-order valence-corrected chi connectivity index (χ2v) is 4.59. The number of benzene rings is 2. The number of amides is 2. The molecule has 10 nitrogen and oxygen atoms in total. The molecule has 0 unspecified atom stereocenters. The van der Waals surface area contributed by atoms with Crippen molar-refractivity contribution in [3.05, 3.63) is 52.9 Å². The van der Waals surface area contributed by atoms with Crippen LogP contribution in [0.3, 0.4) is 0 Å². The summed E-state index contributed by atoms with van der Waals surface area (Å²) in [5, 5.41) is 43.6. The highest BCUT2D eigenvalue weighted by atomic mass is 16.8. The maximum atomic E-state index is 11.9. The fourth-order valence-corrected chi connectivity index (χ4v) is 1.86. The molecule has 0 heterocycles. The summed E-state index contributed by atoms with van der Waals surface area (Å²) >= 11 is 0. The van der Waals surface area contributed by atoms with Gasteiger partial charge in [-0.3, -0.25) is 10.4 Å². The number of urea groups is 1. The lowest BCUT2D eigenvalue weighted by atomic mass is 10.2. The number of carbonyl (C=O) groups excluding carboxylic acids is 1. The number of rotatable bonds is 5. The normalized spacial score (nSPS) is 10.0. The predicted molar refractivity (Wildman–Crippen MR) is 87.3 cm³/mol. The standard InChI is InChI=1S/C14H14N4O6/c1-24-13-4-2-9(3-5-13)15-14(19)16-10-6-11(17(20)21)8-12(7-10)18(22)23/h2-8,20-21H,1H3,(H2,15,16,19)/q-2. The lowest BCUT2D eigenvalue weighted by Crippen LogP contribution is -2.20. The van der Waals surface area contributed by atoms with E-state index in [-0.39, 0.29) is 16.6 Å². The largest absolute Gasteiger partial charge is 0.769 e. The Morgan fingerprint density at radius 1 is 1.00 bits per heavy atom. The number of nitrogens with zero attached hydrogens (tertiary/aromatic N) is 2. The Hall–Kier alpha value is -3.05. The minimum absolute atomic E-state index is 0.0123. The van der Waals surface area contributed by atoms with Crippen molar-refractivity contribution < 1.29 is 19.9 Å². The molecule has 2 aromatic carbocycles. The number of carbonyl (C=O) groups is 1. The Balaban J connectivity index is 2.12. The first-order valence-electron chi connectivity index (χ1n) is 6.58. The summed E-state index contributed by atoms with van der Waals surface area (Å²) in [5.74, 6) is 0.621. The monoisotopic (exact) mass is 334 g/mol. The molecule has 2 rings (SSSR count). The molecule has 24 heavy (non-hydrogen) atoms. The van der Waals surface area contributed by atoms with Crippen molar-refractivity contribution in [2.45, 2.75) is 0 Å². The zero-order valence-electron chi connectivity index (χ0n) is 12.5. The van der Waals surface area contributed by atoms with E-state index >= 15 is 0 Å². The molecule has 0 aliphatic carbocycles. The summed E-state index contributed by atoms with van der Waals surface area (Å²) < 4.78 is 5.00. The maximum Gasteiger partial charge on any atom is 0.323 e. The molecule has 0 saturated heterocycles. The number of hydrogen-bond donors (Lipinski definition) is 4. The van der Waals surface area contributed by atoms with Crippen molar-refractivity contribution >= 4 is 28.8 Å². The Morgan fingerprint density at radius 3 is 2.12 bits per heavy atom. The first-order chi connectivity index (χ1) is 11.4. The van der Waals surface area contributed by atoms with Crippen LogP contribution >= 0.6 is 0 Å². The molecule has 0 bridgehead atoms. The van der Waals surface area contributed by atoms with Gasteiger partial charge in [-0.05, 0) is 42.5 Å². The summed E-state index contributed by atoms with van der Waals surface area (Å²) in [6, 6.07) is 9.04. The minimum atomic E-state index is -0.723. The second kappa shape index (κ2) is 7.48. The highest BCUT2D eigenvalue weighted by molar-refractivity contribution is 6.00. The van der Waals surface area contributed by atoms with Crippen LogP contribution in [0, 0.1) is 10.4 Å². The first kappa shape index (κ1) is 17.3. The van der Waals surface area contributed by atoms with Crippen LogP contribution in [0.2, 0.25) is 0 Å². The van der Waals surface area contributed by atoms with Gasteiger partial charge >= 0.3 is 6.03 Å². The van der Waals surface area contributed by atoms with Crippen LogP contribution in [-0.2, 0) is 0 Å². The van der Waals surface area contributed by atoms with Gasteiger partial charge in [0.15, 0.2) is 0 Å². The lowest BCUT2D eigenvalue weighted by Gasteiger charge is -2.38.